The molecule has 10 heteroatoms. The minimum atomic E-state index is -4.74. The monoisotopic (exact) mass is 408 g/mol. The van der Waals surface area contributed by atoms with Crippen molar-refractivity contribution in [2.24, 2.45) is 5.41 Å². The van der Waals surface area contributed by atoms with Crippen LogP contribution in [0.15, 0.2) is 0 Å². The van der Waals surface area contributed by atoms with Gasteiger partial charge in [-0.1, -0.05) is 6.42 Å². The molecule has 0 spiro atoms. The number of rotatable bonds is 4. The van der Waals surface area contributed by atoms with E-state index in [1.54, 1.807) is 20.8 Å². The first-order chi connectivity index (χ1) is 12.8. The Morgan fingerprint density at radius 2 is 1.79 bits per heavy atom. The van der Waals surface area contributed by atoms with Crippen molar-refractivity contribution < 1.29 is 37.4 Å². The maximum atomic E-state index is 13.6. The predicted molar refractivity (Wildman–Crippen MR) is 92.5 cm³/mol. The number of alkyl halides is 3. The molecule has 0 aromatic rings. The predicted octanol–water partition coefficient (Wildman–Crippen LogP) is 3.03. The molecular formula is C18H27F3N2O5. The maximum absolute atomic E-state index is 13.6. The molecule has 2 amide bonds. The van der Waals surface area contributed by atoms with Gasteiger partial charge in [0.05, 0.1) is 6.04 Å². The average Bonchev–Trinajstić information content (AvgIpc) is 2.48. The Balaban J connectivity index is 2.22. The van der Waals surface area contributed by atoms with E-state index in [1.807, 2.05) is 0 Å². The van der Waals surface area contributed by atoms with Crippen molar-refractivity contribution in [1.82, 2.24) is 9.80 Å². The first-order valence-electron chi connectivity index (χ1n) is 9.34. The molecule has 1 unspecified atom stereocenters. The van der Waals surface area contributed by atoms with Crippen molar-refractivity contribution in [3.63, 3.8) is 0 Å². The fourth-order valence-electron chi connectivity index (χ4n) is 3.64. The van der Waals surface area contributed by atoms with Gasteiger partial charge in [0.2, 0.25) is 5.91 Å². The average molecular weight is 408 g/mol. The van der Waals surface area contributed by atoms with Gasteiger partial charge in [-0.25, -0.2) is 4.79 Å². The Kier molecular flexibility index (Phi) is 6.20. The van der Waals surface area contributed by atoms with E-state index in [9.17, 15) is 32.7 Å². The zero-order valence-electron chi connectivity index (χ0n) is 16.3. The molecule has 28 heavy (non-hydrogen) atoms. The zero-order chi connectivity index (χ0) is 21.3. The van der Waals surface area contributed by atoms with E-state index < -0.39 is 47.7 Å². The lowest BCUT2D eigenvalue weighted by molar-refractivity contribution is -0.249. The normalized spacial score (nSPS) is 22.2. The minimum Gasteiger partial charge on any atom is -0.480 e. The number of carbonyl (C=O) groups is 3. The molecule has 1 aliphatic heterocycles. The van der Waals surface area contributed by atoms with Crippen molar-refractivity contribution in [2.45, 2.75) is 70.7 Å². The molecule has 1 N–H and O–H groups in total. The molecule has 0 radical (unpaired) electrons. The van der Waals surface area contributed by atoms with E-state index in [0.29, 0.717) is 19.4 Å². The van der Waals surface area contributed by atoms with Crippen molar-refractivity contribution in [2.75, 3.05) is 19.6 Å². The van der Waals surface area contributed by atoms with Crippen LogP contribution in [-0.4, -0.2) is 70.3 Å². The molecule has 1 aliphatic carbocycles. The van der Waals surface area contributed by atoms with E-state index in [0.717, 1.165) is 4.90 Å². The Morgan fingerprint density at radius 3 is 2.21 bits per heavy atom. The molecule has 1 atom stereocenters. The third-order valence-corrected chi connectivity index (χ3v) is 5.21. The summed E-state index contributed by atoms with van der Waals surface area (Å²) in [4.78, 5) is 38.5. The highest BCUT2D eigenvalue weighted by molar-refractivity contribution is 5.88. The van der Waals surface area contributed by atoms with Gasteiger partial charge in [0.15, 0.2) is 0 Å². The minimum absolute atomic E-state index is 0.0537. The summed E-state index contributed by atoms with van der Waals surface area (Å²) in [7, 11) is 0. The Hall–Kier alpha value is -2.00. The summed E-state index contributed by atoms with van der Waals surface area (Å²) in [5, 5.41) is 9.17. The summed E-state index contributed by atoms with van der Waals surface area (Å²) in [5.74, 6) is -2.59. The Bertz CT molecular complexity index is 626. The highest BCUT2D eigenvalue weighted by Gasteiger charge is 2.65. The van der Waals surface area contributed by atoms with Crippen LogP contribution in [-0.2, 0) is 14.3 Å². The van der Waals surface area contributed by atoms with Crippen LogP contribution in [0.25, 0.3) is 0 Å². The molecular weight excluding hydrogens is 381 g/mol. The molecule has 1 saturated heterocycles. The molecule has 2 rings (SSSR count). The standard InChI is InChI=1S/C18H27F3N2O5/c1-16(2,3)28-15(27)22-9-4-6-12(10-22)23(11-13(24)25)14(26)17(7-5-8-17)18(19,20)21/h12H,4-11H2,1-3H3,(H,24,25). The lowest BCUT2D eigenvalue weighted by Crippen LogP contribution is -2.61. The largest absolute Gasteiger partial charge is 0.480 e. The molecule has 0 bridgehead atoms. The second-order valence-electron chi connectivity index (χ2n) is 8.48. The van der Waals surface area contributed by atoms with Gasteiger partial charge >= 0.3 is 18.2 Å². The fraction of sp³-hybridized carbons (Fsp3) is 0.833. The number of carbonyl (C=O) groups excluding carboxylic acids is 2. The molecule has 2 aliphatic rings. The number of amides is 2. The summed E-state index contributed by atoms with van der Waals surface area (Å²) < 4.78 is 46.0. The van der Waals surface area contributed by atoms with Crippen LogP contribution in [0.3, 0.4) is 0 Å². The summed E-state index contributed by atoms with van der Waals surface area (Å²) >= 11 is 0. The van der Waals surface area contributed by atoms with Gasteiger partial charge in [-0.15, -0.1) is 0 Å². The van der Waals surface area contributed by atoms with E-state index in [1.165, 1.54) is 4.90 Å². The molecule has 0 aromatic heterocycles. The number of hydrogen-bond donors (Lipinski definition) is 1. The van der Waals surface area contributed by atoms with Crippen LogP contribution in [0.4, 0.5) is 18.0 Å². The number of halogens is 3. The molecule has 2 fully saturated rings. The van der Waals surface area contributed by atoms with Crippen LogP contribution in [0.5, 0.6) is 0 Å². The van der Waals surface area contributed by atoms with E-state index in [-0.39, 0.29) is 25.8 Å². The van der Waals surface area contributed by atoms with Crippen LogP contribution in [0, 0.1) is 5.41 Å². The lowest BCUT2D eigenvalue weighted by atomic mass is 9.67. The Labute approximate surface area is 161 Å². The van der Waals surface area contributed by atoms with Crippen LogP contribution in [0.2, 0.25) is 0 Å². The smallest absolute Gasteiger partial charge is 0.410 e. The summed E-state index contributed by atoms with van der Waals surface area (Å²) in [6.45, 7) is 4.53. The quantitative estimate of drug-likeness (QED) is 0.773. The number of carboxylic acid groups (broad SMARTS) is 1. The number of ether oxygens (including phenoxy) is 1. The SMILES string of the molecule is CC(C)(C)OC(=O)N1CCCC(N(CC(=O)O)C(=O)C2(C(F)(F)F)CCC2)C1. The van der Waals surface area contributed by atoms with Crippen molar-refractivity contribution in [3.05, 3.63) is 0 Å². The van der Waals surface area contributed by atoms with Crippen LogP contribution < -0.4 is 0 Å². The first kappa shape index (κ1) is 22.3. The summed E-state index contributed by atoms with van der Waals surface area (Å²) in [5.41, 5.74) is -3.26. The molecule has 160 valence electrons. The third kappa shape index (κ3) is 4.70. The number of nitrogens with zero attached hydrogens (tertiary/aromatic N) is 2. The van der Waals surface area contributed by atoms with E-state index in [2.05, 4.69) is 0 Å². The first-order valence-corrected chi connectivity index (χ1v) is 9.34. The van der Waals surface area contributed by atoms with Gasteiger partial charge in [0, 0.05) is 13.1 Å². The molecule has 7 nitrogen and oxygen atoms in total. The number of aliphatic carboxylic acids is 1. The summed E-state index contributed by atoms with van der Waals surface area (Å²) in [6, 6.07) is -0.801. The third-order valence-electron chi connectivity index (χ3n) is 5.21. The van der Waals surface area contributed by atoms with Gasteiger partial charge < -0.3 is 19.6 Å². The number of piperidine rings is 1. The Morgan fingerprint density at radius 1 is 1.18 bits per heavy atom. The molecule has 0 aromatic carbocycles. The topological polar surface area (TPSA) is 87.2 Å². The van der Waals surface area contributed by atoms with E-state index in [4.69, 9.17) is 4.74 Å². The fourth-order valence-corrected chi connectivity index (χ4v) is 3.64. The lowest BCUT2D eigenvalue weighted by Gasteiger charge is -2.47. The van der Waals surface area contributed by atoms with Crippen molar-refractivity contribution in [1.29, 1.82) is 0 Å². The maximum Gasteiger partial charge on any atom is 0.410 e. The second kappa shape index (κ2) is 7.79. The highest BCUT2D eigenvalue weighted by Crippen LogP contribution is 2.54. The van der Waals surface area contributed by atoms with Crippen LogP contribution >= 0.6 is 0 Å². The second-order valence-corrected chi connectivity index (χ2v) is 8.48. The van der Waals surface area contributed by atoms with Gasteiger partial charge in [-0.3, -0.25) is 9.59 Å². The van der Waals surface area contributed by atoms with Crippen molar-refractivity contribution in [3.8, 4) is 0 Å². The number of hydrogen-bond acceptors (Lipinski definition) is 4. The van der Waals surface area contributed by atoms with Crippen LogP contribution in [0.1, 0.15) is 52.9 Å². The van der Waals surface area contributed by atoms with Gasteiger partial charge in [0.25, 0.3) is 0 Å². The van der Waals surface area contributed by atoms with Gasteiger partial charge in [-0.05, 0) is 46.5 Å². The zero-order valence-corrected chi connectivity index (χ0v) is 16.3. The summed E-state index contributed by atoms with van der Waals surface area (Å²) in [6.07, 6.45) is -5.02. The number of likely N-dealkylation sites (tertiary alicyclic amines) is 1. The van der Waals surface area contributed by atoms with Gasteiger partial charge in [-0.2, -0.15) is 13.2 Å². The van der Waals surface area contributed by atoms with Gasteiger partial charge in [0.1, 0.15) is 17.6 Å². The van der Waals surface area contributed by atoms with Crippen molar-refractivity contribution >= 4 is 18.0 Å². The molecule has 1 heterocycles. The number of carboxylic acids is 1. The highest BCUT2D eigenvalue weighted by atomic mass is 19.4. The van der Waals surface area contributed by atoms with E-state index >= 15 is 0 Å². The molecule has 1 saturated carbocycles.